The van der Waals surface area contributed by atoms with Gasteiger partial charge >= 0.3 is 0 Å². The lowest BCUT2D eigenvalue weighted by atomic mass is 10.1. The Morgan fingerprint density at radius 2 is 2.05 bits per heavy atom. The van der Waals surface area contributed by atoms with Gasteiger partial charge in [0.25, 0.3) is 0 Å². The molecule has 0 aliphatic heterocycles. The van der Waals surface area contributed by atoms with Crippen LogP contribution in [0, 0.1) is 0 Å². The first-order chi connectivity index (χ1) is 10.3. The minimum Gasteiger partial charge on any atom is -0.506 e. The Kier molecular flexibility index (Phi) is 4.46. The number of phenols is 1. The second kappa shape index (κ2) is 6.50. The van der Waals surface area contributed by atoms with E-state index in [1.54, 1.807) is 23.7 Å². The smallest absolute Gasteiger partial charge is 0.137 e. The standard InChI is InChI=1S/C17H17NOS2/c1-2-20-16-11-15(18-21-12-7-3-4-8-12)13-9-5-6-10-14(13)17(16)19/h3-7,9-11,18-19H,2,8H2,1H3. The Morgan fingerprint density at radius 3 is 2.76 bits per heavy atom. The van der Waals surface area contributed by atoms with E-state index < -0.39 is 0 Å². The van der Waals surface area contributed by atoms with Gasteiger partial charge in [-0.1, -0.05) is 49.4 Å². The average Bonchev–Trinajstić information content (AvgIpc) is 3.02. The quantitative estimate of drug-likeness (QED) is 0.430. The highest BCUT2D eigenvalue weighted by molar-refractivity contribution is 8.04. The summed E-state index contributed by atoms with van der Waals surface area (Å²) in [7, 11) is 0. The maximum absolute atomic E-state index is 10.4. The summed E-state index contributed by atoms with van der Waals surface area (Å²) >= 11 is 3.31. The van der Waals surface area contributed by atoms with Crippen LogP contribution in [0.5, 0.6) is 5.75 Å². The van der Waals surface area contributed by atoms with Crippen LogP contribution in [0.4, 0.5) is 5.69 Å². The first-order valence-corrected chi connectivity index (χ1v) is 8.76. The molecule has 2 nitrogen and oxygen atoms in total. The predicted molar refractivity (Wildman–Crippen MR) is 95.1 cm³/mol. The Morgan fingerprint density at radius 1 is 1.24 bits per heavy atom. The molecule has 0 heterocycles. The van der Waals surface area contributed by atoms with Crippen molar-refractivity contribution >= 4 is 40.2 Å². The van der Waals surface area contributed by atoms with Crippen LogP contribution < -0.4 is 4.72 Å². The molecule has 0 radical (unpaired) electrons. The van der Waals surface area contributed by atoms with E-state index >= 15 is 0 Å². The van der Waals surface area contributed by atoms with Gasteiger partial charge in [0, 0.05) is 15.7 Å². The summed E-state index contributed by atoms with van der Waals surface area (Å²) in [5.74, 6) is 1.32. The summed E-state index contributed by atoms with van der Waals surface area (Å²) in [5.41, 5.74) is 1.05. The van der Waals surface area contributed by atoms with Crippen molar-refractivity contribution in [3.63, 3.8) is 0 Å². The number of anilines is 1. The zero-order valence-electron chi connectivity index (χ0n) is 11.8. The molecule has 4 heteroatoms. The van der Waals surface area contributed by atoms with Crippen molar-refractivity contribution in [3.8, 4) is 5.75 Å². The third kappa shape index (κ3) is 3.06. The summed E-state index contributed by atoms with van der Waals surface area (Å²) in [4.78, 5) is 2.23. The number of thioether (sulfide) groups is 1. The van der Waals surface area contributed by atoms with Gasteiger partial charge in [-0.2, -0.15) is 0 Å². The summed E-state index contributed by atoms with van der Waals surface area (Å²) in [5, 5.41) is 12.4. The first kappa shape index (κ1) is 14.4. The number of nitrogens with one attached hydrogen (secondary N) is 1. The van der Waals surface area contributed by atoms with Gasteiger partial charge < -0.3 is 9.83 Å². The molecule has 0 atom stereocenters. The summed E-state index contributed by atoms with van der Waals surface area (Å²) in [6, 6.07) is 10.0. The highest BCUT2D eigenvalue weighted by Gasteiger charge is 2.12. The van der Waals surface area contributed by atoms with E-state index in [1.165, 1.54) is 4.91 Å². The molecule has 0 unspecified atom stereocenters. The van der Waals surface area contributed by atoms with Crippen molar-refractivity contribution in [2.75, 3.05) is 10.5 Å². The third-order valence-corrected chi connectivity index (χ3v) is 5.11. The van der Waals surface area contributed by atoms with Gasteiger partial charge in [0.15, 0.2) is 0 Å². The number of phenolic OH excluding ortho intramolecular Hbond substituents is 1. The topological polar surface area (TPSA) is 32.3 Å². The van der Waals surface area contributed by atoms with Crippen LogP contribution in [0.1, 0.15) is 13.3 Å². The lowest BCUT2D eigenvalue weighted by Crippen LogP contribution is -1.91. The minimum atomic E-state index is 0.384. The molecule has 0 bridgehead atoms. The van der Waals surface area contributed by atoms with Crippen LogP contribution >= 0.6 is 23.7 Å². The summed E-state index contributed by atoms with van der Waals surface area (Å²) in [6.07, 6.45) is 7.35. The maximum atomic E-state index is 10.4. The monoisotopic (exact) mass is 315 g/mol. The molecule has 108 valence electrons. The van der Waals surface area contributed by atoms with E-state index in [-0.39, 0.29) is 0 Å². The molecule has 0 spiro atoms. The van der Waals surface area contributed by atoms with Crippen LogP contribution in [0.15, 0.2) is 58.4 Å². The molecule has 0 saturated carbocycles. The Labute approximate surface area is 133 Å². The van der Waals surface area contributed by atoms with Crippen LogP contribution in [0.25, 0.3) is 10.8 Å². The molecule has 21 heavy (non-hydrogen) atoms. The van der Waals surface area contributed by atoms with Gasteiger partial charge in [-0.15, -0.1) is 11.8 Å². The molecule has 1 aliphatic rings. The van der Waals surface area contributed by atoms with Gasteiger partial charge in [-0.25, -0.2) is 0 Å². The van der Waals surface area contributed by atoms with Crippen molar-refractivity contribution in [3.05, 3.63) is 53.5 Å². The second-order valence-electron chi connectivity index (χ2n) is 4.72. The van der Waals surface area contributed by atoms with Crippen molar-refractivity contribution in [1.82, 2.24) is 0 Å². The van der Waals surface area contributed by atoms with E-state index in [0.717, 1.165) is 33.5 Å². The van der Waals surface area contributed by atoms with E-state index in [9.17, 15) is 5.11 Å². The Hall–Kier alpha value is -1.52. The number of fused-ring (bicyclic) bond motifs is 1. The molecule has 2 aromatic rings. The molecule has 0 aromatic heterocycles. The molecular weight excluding hydrogens is 298 g/mol. The second-order valence-corrected chi connectivity index (χ2v) is 6.96. The number of allylic oxidation sites excluding steroid dienone is 4. The van der Waals surface area contributed by atoms with Gasteiger partial charge in [-0.3, -0.25) is 0 Å². The molecule has 2 aromatic carbocycles. The van der Waals surface area contributed by atoms with Crippen LogP contribution in [0.3, 0.4) is 0 Å². The van der Waals surface area contributed by atoms with Gasteiger partial charge in [-0.05, 0) is 30.2 Å². The number of rotatable bonds is 5. The molecule has 0 amide bonds. The molecule has 2 N–H and O–H groups in total. The highest BCUT2D eigenvalue weighted by Crippen LogP contribution is 2.41. The number of hydrogen-bond donors (Lipinski definition) is 2. The van der Waals surface area contributed by atoms with E-state index in [4.69, 9.17) is 0 Å². The largest absolute Gasteiger partial charge is 0.506 e. The molecule has 3 rings (SSSR count). The van der Waals surface area contributed by atoms with Crippen molar-refractivity contribution in [2.45, 2.75) is 18.2 Å². The normalized spacial score (nSPS) is 13.7. The predicted octanol–water partition coefficient (Wildman–Crippen LogP) is 5.56. The van der Waals surface area contributed by atoms with Gasteiger partial charge in [0.1, 0.15) is 5.75 Å². The summed E-state index contributed by atoms with van der Waals surface area (Å²) in [6.45, 7) is 2.09. The zero-order chi connectivity index (χ0) is 14.7. The number of benzene rings is 2. The van der Waals surface area contributed by atoms with Gasteiger partial charge in [0.05, 0.1) is 10.6 Å². The van der Waals surface area contributed by atoms with Gasteiger partial charge in [0.2, 0.25) is 0 Å². The Bertz CT molecular complexity index is 722. The molecule has 0 fully saturated rings. The average molecular weight is 315 g/mol. The zero-order valence-corrected chi connectivity index (χ0v) is 13.4. The maximum Gasteiger partial charge on any atom is 0.137 e. The van der Waals surface area contributed by atoms with Crippen molar-refractivity contribution < 1.29 is 5.11 Å². The first-order valence-electron chi connectivity index (χ1n) is 6.95. The summed E-state index contributed by atoms with van der Waals surface area (Å²) < 4.78 is 3.44. The van der Waals surface area contributed by atoms with Crippen molar-refractivity contribution in [1.29, 1.82) is 0 Å². The minimum absolute atomic E-state index is 0.384. The molecule has 0 saturated heterocycles. The van der Waals surface area contributed by atoms with Crippen LogP contribution in [-0.4, -0.2) is 10.9 Å². The molecular formula is C17H17NOS2. The Balaban J connectivity index is 1.97. The lowest BCUT2D eigenvalue weighted by Gasteiger charge is -2.14. The van der Waals surface area contributed by atoms with Crippen molar-refractivity contribution in [2.24, 2.45) is 0 Å². The third-order valence-electron chi connectivity index (χ3n) is 3.31. The van der Waals surface area contributed by atoms with Crippen LogP contribution in [-0.2, 0) is 0 Å². The SMILES string of the molecule is CCSc1cc(NSC2=CC=CC2)c2ccccc2c1O. The fraction of sp³-hybridized carbons (Fsp3) is 0.176. The highest BCUT2D eigenvalue weighted by atomic mass is 32.2. The van der Waals surface area contributed by atoms with E-state index in [0.29, 0.717) is 5.75 Å². The fourth-order valence-corrected chi connectivity index (χ4v) is 3.80. The molecule has 1 aliphatic carbocycles. The number of hydrogen-bond acceptors (Lipinski definition) is 4. The van der Waals surface area contributed by atoms with E-state index in [2.05, 4.69) is 29.9 Å². The fourth-order valence-electron chi connectivity index (χ4n) is 2.31. The lowest BCUT2D eigenvalue weighted by molar-refractivity contribution is 0.469. The van der Waals surface area contributed by atoms with E-state index in [1.807, 2.05) is 30.3 Å². The number of aromatic hydroxyl groups is 1. The van der Waals surface area contributed by atoms with Crippen LogP contribution in [0.2, 0.25) is 0 Å².